The molecule has 196 valence electrons. The summed E-state index contributed by atoms with van der Waals surface area (Å²) in [4.78, 5) is 48.0. The molecule has 4 aromatic rings. The third-order valence-electron chi connectivity index (χ3n) is 8.68. The highest BCUT2D eigenvalue weighted by Crippen LogP contribution is 2.64. The molecule has 0 aromatic heterocycles. The fraction of sp³-hybridized carbons (Fsp3) is 0.125. The van der Waals surface area contributed by atoms with Gasteiger partial charge in [-0.05, 0) is 93.0 Å². The van der Waals surface area contributed by atoms with Crippen molar-refractivity contribution in [3.05, 3.63) is 140 Å². The van der Waals surface area contributed by atoms with Crippen molar-refractivity contribution in [2.45, 2.75) is 23.7 Å². The van der Waals surface area contributed by atoms with E-state index in [1.54, 1.807) is 48.5 Å². The molecule has 0 aliphatic heterocycles. The Labute approximate surface area is 226 Å². The van der Waals surface area contributed by atoms with Crippen molar-refractivity contribution in [2.24, 2.45) is 0 Å². The van der Waals surface area contributed by atoms with E-state index in [4.69, 9.17) is 0 Å². The number of hydrogen-bond donors (Lipinski definition) is 4. The first-order chi connectivity index (χ1) is 19.2. The second-order valence-corrected chi connectivity index (χ2v) is 10.5. The lowest BCUT2D eigenvalue weighted by atomic mass is 9.52. The summed E-state index contributed by atoms with van der Waals surface area (Å²) in [6.45, 7) is 0. The molecule has 0 saturated heterocycles. The summed E-state index contributed by atoms with van der Waals surface area (Å²) in [6, 6.07) is 19.9. The van der Waals surface area contributed by atoms with Crippen molar-refractivity contribution >= 4 is 23.9 Å². The van der Waals surface area contributed by atoms with Crippen LogP contribution in [0, 0.1) is 0 Å². The monoisotopic (exact) mass is 532 g/mol. The SMILES string of the molecule is O=C(O)c1ccc2c(c1)[C@@H]1c3ccc(C(=O)O)cc3[C@H]2[C@H]2c3ccc(C(=O)O)cc3[C@@H]1c1ccc(C(=O)O)cc12. The van der Waals surface area contributed by atoms with Gasteiger partial charge in [0.25, 0.3) is 0 Å². The van der Waals surface area contributed by atoms with E-state index >= 15 is 0 Å². The van der Waals surface area contributed by atoms with Gasteiger partial charge in [-0.1, -0.05) is 24.3 Å². The van der Waals surface area contributed by atoms with E-state index in [1.165, 1.54) is 24.3 Å². The van der Waals surface area contributed by atoms with E-state index in [2.05, 4.69) is 0 Å². The minimum absolute atomic E-state index is 0.116. The van der Waals surface area contributed by atoms with Gasteiger partial charge in [0.05, 0.1) is 22.3 Å². The van der Waals surface area contributed by atoms with Crippen LogP contribution in [0.3, 0.4) is 0 Å². The van der Waals surface area contributed by atoms with E-state index in [-0.39, 0.29) is 22.3 Å². The summed E-state index contributed by atoms with van der Waals surface area (Å²) >= 11 is 0. The van der Waals surface area contributed by atoms with E-state index in [9.17, 15) is 39.6 Å². The van der Waals surface area contributed by atoms with Crippen LogP contribution in [0.25, 0.3) is 0 Å². The normalized spacial score (nSPS) is 20.8. The lowest BCUT2D eigenvalue weighted by molar-refractivity contribution is 0.0685. The van der Waals surface area contributed by atoms with Crippen LogP contribution >= 0.6 is 0 Å². The minimum Gasteiger partial charge on any atom is -0.478 e. The number of benzene rings is 4. The third-order valence-corrected chi connectivity index (χ3v) is 8.68. The highest BCUT2D eigenvalue weighted by molar-refractivity contribution is 5.91. The van der Waals surface area contributed by atoms with Gasteiger partial charge in [-0.15, -0.1) is 0 Å². The maximum absolute atomic E-state index is 12.0. The van der Waals surface area contributed by atoms with Crippen molar-refractivity contribution in [3.63, 3.8) is 0 Å². The molecule has 0 unspecified atom stereocenters. The standard InChI is InChI=1S/C32H20O8/c33-29(34)13-1-5-17-21(9-13)26-18-6-2-14(30(35)36)10-22(18)25(17)27-19-7-3-16(32(39)40)12-24(19)28(26)20-8-4-15(31(37)38)11-23(20)27/h1-12,25-28H,(H,33,34)(H,35,36)(H,37,38)(H,39,40)/t25-,26-,27-,28-/m0/s1. The predicted molar refractivity (Wildman–Crippen MR) is 141 cm³/mol. The molecular formula is C32H20O8. The molecule has 6 aliphatic carbocycles. The molecule has 10 rings (SSSR count). The van der Waals surface area contributed by atoms with Crippen LogP contribution in [0.4, 0.5) is 0 Å². The second-order valence-electron chi connectivity index (χ2n) is 10.5. The van der Waals surface area contributed by atoms with Gasteiger partial charge in [-0.2, -0.15) is 0 Å². The lowest BCUT2D eigenvalue weighted by Crippen LogP contribution is -2.36. The van der Waals surface area contributed by atoms with Crippen LogP contribution < -0.4 is 0 Å². The summed E-state index contributed by atoms with van der Waals surface area (Å²) in [5, 5.41) is 39.3. The highest BCUT2D eigenvalue weighted by Gasteiger charge is 2.50. The summed E-state index contributed by atoms with van der Waals surface area (Å²) in [5.74, 6) is -6.19. The van der Waals surface area contributed by atoms with Crippen LogP contribution in [0.2, 0.25) is 0 Å². The zero-order valence-electron chi connectivity index (χ0n) is 20.7. The van der Waals surface area contributed by atoms with Gasteiger partial charge in [0.1, 0.15) is 0 Å². The summed E-state index contributed by atoms with van der Waals surface area (Å²) in [6.07, 6.45) is 0. The topological polar surface area (TPSA) is 149 Å². The van der Waals surface area contributed by atoms with Crippen LogP contribution in [0.1, 0.15) is 110 Å². The van der Waals surface area contributed by atoms with Gasteiger partial charge >= 0.3 is 23.9 Å². The molecule has 0 fully saturated rings. The van der Waals surface area contributed by atoms with Gasteiger partial charge in [-0.3, -0.25) is 0 Å². The second kappa shape index (κ2) is 8.13. The first-order valence-electron chi connectivity index (χ1n) is 12.6. The first-order valence-corrected chi connectivity index (χ1v) is 12.6. The first kappa shape index (κ1) is 23.8. The molecule has 4 aromatic carbocycles. The van der Waals surface area contributed by atoms with Crippen LogP contribution in [-0.4, -0.2) is 44.3 Å². The van der Waals surface area contributed by atoms with Crippen molar-refractivity contribution in [1.29, 1.82) is 0 Å². The molecule has 0 radical (unpaired) electrons. The van der Waals surface area contributed by atoms with Gasteiger partial charge in [0.2, 0.25) is 0 Å². The Bertz CT molecular complexity index is 1580. The van der Waals surface area contributed by atoms with Gasteiger partial charge in [-0.25, -0.2) is 19.2 Å². The molecule has 0 spiro atoms. The maximum atomic E-state index is 12.0. The molecular weight excluding hydrogens is 512 g/mol. The van der Waals surface area contributed by atoms with E-state index < -0.39 is 47.5 Å². The number of carboxylic acid groups (broad SMARTS) is 4. The Balaban J connectivity index is 1.63. The minimum atomic E-state index is -1.08. The zero-order chi connectivity index (χ0) is 28.0. The Hall–Kier alpha value is -5.24. The fourth-order valence-electron chi connectivity index (χ4n) is 7.15. The molecule has 8 nitrogen and oxygen atoms in total. The third kappa shape index (κ3) is 3.13. The Morgan fingerprint density at radius 1 is 0.350 bits per heavy atom. The molecule has 40 heavy (non-hydrogen) atoms. The lowest BCUT2D eigenvalue weighted by Gasteiger charge is -2.50. The predicted octanol–water partition coefficient (Wildman–Crippen LogP) is 5.35. The smallest absolute Gasteiger partial charge is 0.335 e. The average molecular weight is 533 g/mol. The van der Waals surface area contributed by atoms with Gasteiger partial charge in [0, 0.05) is 23.7 Å². The number of carboxylic acids is 4. The van der Waals surface area contributed by atoms with E-state index in [0.717, 1.165) is 44.5 Å². The number of carbonyl (C=O) groups is 4. The van der Waals surface area contributed by atoms with Gasteiger partial charge in [0.15, 0.2) is 0 Å². The molecule has 0 amide bonds. The average Bonchev–Trinajstić information content (AvgIpc) is 2.92. The van der Waals surface area contributed by atoms with Crippen LogP contribution in [0.5, 0.6) is 0 Å². The Kier molecular flexibility index (Phi) is 4.85. The Morgan fingerprint density at radius 3 is 0.725 bits per heavy atom. The Morgan fingerprint density at radius 2 is 0.550 bits per heavy atom. The molecule has 8 heteroatoms. The molecule has 0 saturated carbocycles. The molecule has 4 bridgehead atoms. The highest BCUT2D eigenvalue weighted by atomic mass is 16.4. The number of aromatic carboxylic acids is 4. The largest absolute Gasteiger partial charge is 0.478 e. The van der Waals surface area contributed by atoms with E-state index in [1.807, 2.05) is 0 Å². The fourth-order valence-corrected chi connectivity index (χ4v) is 7.15. The van der Waals surface area contributed by atoms with Gasteiger partial charge < -0.3 is 20.4 Å². The molecule has 4 N–H and O–H groups in total. The van der Waals surface area contributed by atoms with Crippen molar-refractivity contribution in [2.75, 3.05) is 0 Å². The molecule has 6 aliphatic rings. The summed E-state index contributed by atoms with van der Waals surface area (Å²) in [7, 11) is 0. The summed E-state index contributed by atoms with van der Waals surface area (Å²) < 4.78 is 0. The number of hydrogen-bond acceptors (Lipinski definition) is 4. The van der Waals surface area contributed by atoms with E-state index in [0.29, 0.717) is 0 Å². The van der Waals surface area contributed by atoms with Crippen molar-refractivity contribution < 1.29 is 39.6 Å². The van der Waals surface area contributed by atoms with Crippen LogP contribution in [-0.2, 0) is 0 Å². The zero-order valence-corrected chi connectivity index (χ0v) is 20.7. The van der Waals surface area contributed by atoms with Crippen molar-refractivity contribution in [3.8, 4) is 0 Å². The number of rotatable bonds is 4. The molecule has 0 heterocycles. The summed E-state index contributed by atoms with van der Waals surface area (Å²) in [5.41, 5.74) is 7.00. The maximum Gasteiger partial charge on any atom is 0.335 e. The quantitative estimate of drug-likeness (QED) is 0.275. The molecule has 4 atom stereocenters. The van der Waals surface area contributed by atoms with Crippen molar-refractivity contribution in [1.82, 2.24) is 0 Å². The van der Waals surface area contributed by atoms with Crippen LogP contribution in [0.15, 0.2) is 72.8 Å².